The minimum atomic E-state index is -0.0778. The zero-order chi connectivity index (χ0) is 18.5. The Morgan fingerprint density at radius 1 is 0.926 bits per heavy atom. The van der Waals surface area contributed by atoms with E-state index in [1.54, 1.807) is 6.20 Å². The molecule has 0 unspecified atom stereocenters. The summed E-state index contributed by atoms with van der Waals surface area (Å²) in [6, 6.07) is 12.6. The topological polar surface area (TPSA) is 57.3 Å². The Kier molecular flexibility index (Phi) is 5.56. The molecule has 2 heterocycles. The van der Waals surface area contributed by atoms with Crippen molar-refractivity contribution in [2.45, 2.75) is 51.0 Å². The first-order chi connectivity index (χ1) is 13.3. The Hall–Kier alpha value is -2.56. The van der Waals surface area contributed by atoms with Crippen LogP contribution in [0.3, 0.4) is 0 Å². The summed E-state index contributed by atoms with van der Waals surface area (Å²) in [5, 5.41) is 6.48. The van der Waals surface area contributed by atoms with Crippen molar-refractivity contribution in [3.63, 3.8) is 0 Å². The van der Waals surface area contributed by atoms with Crippen molar-refractivity contribution >= 4 is 23.0 Å². The zero-order valence-corrected chi connectivity index (χ0v) is 15.8. The molecular formula is C22H28N4O. The fourth-order valence-electron chi connectivity index (χ4n) is 4.04. The molecule has 5 nitrogen and oxygen atoms in total. The summed E-state index contributed by atoms with van der Waals surface area (Å²) in [6.45, 7) is 2.30. The Morgan fingerprint density at radius 3 is 2.41 bits per heavy atom. The number of carbonyl (C=O) groups excluding carboxylic acids is 1. The van der Waals surface area contributed by atoms with Gasteiger partial charge >= 0.3 is 0 Å². The van der Waals surface area contributed by atoms with Crippen molar-refractivity contribution in [1.82, 2.24) is 10.3 Å². The minimum absolute atomic E-state index is 0.0778. The van der Waals surface area contributed by atoms with Crippen LogP contribution in [0.25, 0.3) is 0 Å². The molecule has 27 heavy (non-hydrogen) atoms. The summed E-state index contributed by atoms with van der Waals surface area (Å²) < 4.78 is 0. The number of rotatable bonds is 5. The lowest BCUT2D eigenvalue weighted by atomic mass is 10.1. The highest BCUT2D eigenvalue weighted by Gasteiger charge is 2.18. The summed E-state index contributed by atoms with van der Waals surface area (Å²) in [7, 11) is 0. The van der Waals surface area contributed by atoms with Gasteiger partial charge in [0.05, 0.1) is 0 Å². The normalized spacial score (nSPS) is 17.7. The minimum Gasteiger partial charge on any atom is -0.372 e. The number of anilines is 3. The largest absolute Gasteiger partial charge is 0.372 e. The van der Waals surface area contributed by atoms with Crippen molar-refractivity contribution in [2.75, 3.05) is 23.3 Å². The van der Waals surface area contributed by atoms with E-state index in [1.807, 2.05) is 12.1 Å². The molecule has 0 bridgehead atoms. The fourth-order valence-corrected chi connectivity index (χ4v) is 4.04. The summed E-state index contributed by atoms with van der Waals surface area (Å²) >= 11 is 0. The van der Waals surface area contributed by atoms with Crippen LogP contribution in [0.15, 0.2) is 42.6 Å². The number of aromatic nitrogens is 1. The van der Waals surface area contributed by atoms with Crippen LogP contribution in [0, 0.1) is 0 Å². The molecule has 1 aliphatic carbocycles. The lowest BCUT2D eigenvalue weighted by Crippen LogP contribution is -2.33. The van der Waals surface area contributed by atoms with Crippen LogP contribution in [-0.4, -0.2) is 30.0 Å². The zero-order valence-electron chi connectivity index (χ0n) is 15.8. The molecule has 2 N–H and O–H groups in total. The van der Waals surface area contributed by atoms with Crippen molar-refractivity contribution < 1.29 is 4.79 Å². The molecule has 1 aromatic heterocycles. The van der Waals surface area contributed by atoms with E-state index >= 15 is 0 Å². The van der Waals surface area contributed by atoms with E-state index in [2.05, 4.69) is 44.8 Å². The molecule has 0 radical (unpaired) electrons. The second kappa shape index (κ2) is 8.42. The van der Waals surface area contributed by atoms with Gasteiger partial charge in [-0.15, -0.1) is 0 Å². The first-order valence-corrected chi connectivity index (χ1v) is 10.2. The van der Waals surface area contributed by atoms with Gasteiger partial charge in [0.1, 0.15) is 5.69 Å². The van der Waals surface area contributed by atoms with Crippen LogP contribution in [0.1, 0.15) is 55.4 Å². The number of carbonyl (C=O) groups is 1. The molecule has 2 fully saturated rings. The van der Waals surface area contributed by atoms with Crippen LogP contribution >= 0.6 is 0 Å². The summed E-state index contributed by atoms with van der Waals surface area (Å²) in [6.07, 6.45) is 10.1. The molecule has 1 aromatic carbocycles. The van der Waals surface area contributed by atoms with Crippen LogP contribution < -0.4 is 15.5 Å². The SMILES string of the molecule is O=C(NC1CCCC1)c1cc(Nc2ccc(N3CCCCC3)cc2)ccn1. The van der Waals surface area contributed by atoms with Gasteiger partial charge in [-0.3, -0.25) is 9.78 Å². The molecule has 2 aliphatic rings. The van der Waals surface area contributed by atoms with Crippen molar-refractivity contribution in [3.05, 3.63) is 48.3 Å². The Balaban J connectivity index is 1.39. The molecule has 2 aromatic rings. The van der Waals surface area contributed by atoms with Gasteiger partial charge in [0.15, 0.2) is 0 Å². The lowest BCUT2D eigenvalue weighted by Gasteiger charge is -2.28. The number of piperidine rings is 1. The van der Waals surface area contributed by atoms with E-state index in [1.165, 1.54) is 37.8 Å². The van der Waals surface area contributed by atoms with E-state index in [-0.39, 0.29) is 5.91 Å². The monoisotopic (exact) mass is 364 g/mol. The fraction of sp³-hybridized carbons (Fsp3) is 0.455. The molecule has 0 spiro atoms. The predicted molar refractivity (Wildman–Crippen MR) is 110 cm³/mol. The second-order valence-electron chi connectivity index (χ2n) is 7.60. The molecule has 1 saturated carbocycles. The van der Waals surface area contributed by atoms with Crippen molar-refractivity contribution in [3.8, 4) is 0 Å². The summed E-state index contributed by atoms with van der Waals surface area (Å²) in [4.78, 5) is 19.1. The van der Waals surface area contributed by atoms with E-state index in [4.69, 9.17) is 0 Å². The highest BCUT2D eigenvalue weighted by Crippen LogP contribution is 2.24. The molecule has 1 saturated heterocycles. The lowest BCUT2D eigenvalue weighted by molar-refractivity contribution is 0.0933. The Morgan fingerprint density at radius 2 is 1.67 bits per heavy atom. The van der Waals surface area contributed by atoms with Crippen molar-refractivity contribution in [2.24, 2.45) is 0 Å². The van der Waals surface area contributed by atoms with Gasteiger partial charge in [-0.25, -0.2) is 0 Å². The van der Waals surface area contributed by atoms with Crippen LogP contribution in [-0.2, 0) is 0 Å². The highest BCUT2D eigenvalue weighted by atomic mass is 16.1. The van der Waals surface area contributed by atoms with Crippen LogP contribution in [0.4, 0.5) is 17.1 Å². The van der Waals surface area contributed by atoms with Gasteiger partial charge in [0.2, 0.25) is 0 Å². The maximum atomic E-state index is 12.4. The van der Waals surface area contributed by atoms with Gasteiger partial charge in [-0.05, 0) is 68.5 Å². The molecule has 0 atom stereocenters. The van der Waals surface area contributed by atoms with Gasteiger partial charge in [-0.2, -0.15) is 0 Å². The third-order valence-corrected chi connectivity index (χ3v) is 5.56. The first-order valence-electron chi connectivity index (χ1n) is 10.2. The highest BCUT2D eigenvalue weighted by molar-refractivity contribution is 5.93. The third kappa shape index (κ3) is 4.59. The maximum Gasteiger partial charge on any atom is 0.270 e. The molecule has 142 valence electrons. The number of benzene rings is 1. The van der Waals surface area contributed by atoms with E-state index < -0.39 is 0 Å². The van der Waals surface area contributed by atoms with E-state index in [0.717, 1.165) is 37.3 Å². The molecule has 5 heteroatoms. The standard InChI is InChI=1S/C22H28N4O/c27-22(25-17-6-2-3-7-17)21-16-19(12-13-23-21)24-18-8-10-20(11-9-18)26-14-4-1-5-15-26/h8-13,16-17H,1-7,14-15H2,(H,23,24)(H,25,27). The molecule has 1 aliphatic heterocycles. The van der Waals surface area contributed by atoms with Crippen molar-refractivity contribution in [1.29, 1.82) is 0 Å². The summed E-state index contributed by atoms with van der Waals surface area (Å²) in [5.74, 6) is -0.0778. The first kappa shape index (κ1) is 17.8. The predicted octanol–water partition coefficient (Wildman–Crippen LogP) is 4.49. The third-order valence-electron chi connectivity index (χ3n) is 5.56. The number of pyridine rings is 1. The number of hydrogen-bond acceptors (Lipinski definition) is 4. The van der Waals surface area contributed by atoms with Gasteiger partial charge in [-0.1, -0.05) is 12.8 Å². The molecule has 1 amide bonds. The molecular weight excluding hydrogens is 336 g/mol. The summed E-state index contributed by atoms with van der Waals surface area (Å²) in [5.41, 5.74) is 3.65. The average molecular weight is 364 g/mol. The van der Waals surface area contributed by atoms with Gasteiger partial charge < -0.3 is 15.5 Å². The number of nitrogens with zero attached hydrogens (tertiary/aromatic N) is 2. The number of hydrogen-bond donors (Lipinski definition) is 2. The van der Waals surface area contributed by atoms with E-state index in [0.29, 0.717) is 11.7 Å². The van der Waals surface area contributed by atoms with E-state index in [9.17, 15) is 4.79 Å². The smallest absolute Gasteiger partial charge is 0.270 e. The van der Waals surface area contributed by atoms with Crippen LogP contribution in [0.5, 0.6) is 0 Å². The maximum absolute atomic E-state index is 12.4. The average Bonchev–Trinajstić information content (AvgIpc) is 3.22. The van der Waals surface area contributed by atoms with Crippen LogP contribution in [0.2, 0.25) is 0 Å². The Bertz CT molecular complexity index is 762. The Labute approximate surface area is 161 Å². The second-order valence-corrected chi connectivity index (χ2v) is 7.60. The number of nitrogens with one attached hydrogen (secondary N) is 2. The quantitative estimate of drug-likeness (QED) is 0.821. The van der Waals surface area contributed by atoms with Gasteiger partial charge in [0, 0.05) is 42.4 Å². The molecule has 4 rings (SSSR count). The number of amides is 1. The van der Waals surface area contributed by atoms with Gasteiger partial charge in [0.25, 0.3) is 5.91 Å².